The summed E-state index contributed by atoms with van der Waals surface area (Å²) >= 11 is 0. The molecule has 0 saturated carbocycles. The number of hydrogen-bond donors (Lipinski definition) is 0. The fourth-order valence-electron chi connectivity index (χ4n) is 25.0. The van der Waals surface area contributed by atoms with Crippen LogP contribution in [0, 0.1) is 41.5 Å². The Morgan fingerprint density at radius 3 is 1.04 bits per heavy atom. The quantitative estimate of drug-likeness (QED) is 0.165. The van der Waals surface area contributed by atoms with E-state index in [1.807, 2.05) is 0 Å². The molecule has 134 heavy (non-hydrogen) atoms. The van der Waals surface area contributed by atoms with Crippen LogP contribution in [0.15, 0.2) is 364 Å². The molecule has 8 heterocycles. The van der Waals surface area contributed by atoms with E-state index in [1.54, 1.807) is 0 Å². The minimum atomic E-state index is -0.147. The van der Waals surface area contributed by atoms with Crippen molar-refractivity contribution in [1.29, 1.82) is 0 Å². The lowest BCUT2D eigenvalue weighted by Crippen LogP contribution is -2.63. The van der Waals surface area contributed by atoms with Gasteiger partial charge in [0.15, 0.2) is 0 Å². The third-order valence-electron chi connectivity index (χ3n) is 31.0. The number of benzene rings is 19. The smallest absolute Gasteiger partial charge is 0.252 e. The first-order chi connectivity index (χ1) is 64.9. The average Bonchev–Trinajstić information content (AvgIpc) is 0.717. The Morgan fingerprint density at radius 2 is 0.545 bits per heavy atom. The van der Waals surface area contributed by atoms with Gasteiger partial charge in [-0.1, -0.05) is 403 Å². The van der Waals surface area contributed by atoms with Crippen molar-refractivity contribution in [2.45, 2.75) is 119 Å². The minimum Gasteiger partial charge on any atom is -0.458 e. The van der Waals surface area contributed by atoms with Crippen molar-refractivity contribution < 1.29 is 18.9 Å². The number of rotatable bonds is 4. The molecule has 19 aromatic rings. The van der Waals surface area contributed by atoms with Gasteiger partial charge < -0.3 is 18.9 Å². The summed E-state index contributed by atoms with van der Waals surface area (Å²) in [7, 11) is 0. The number of aryl methyl sites for hydroxylation is 6. The maximum absolute atomic E-state index is 6.86. The van der Waals surface area contributed by atoms with E-state index in [4.69, 9.17) is 18.9 Å². The van der Waals surface area contributed by atoms with Gasteiger partial charge in [-0.05, 0) is 267 Å². The van der Waals surface area contributed by atoms with Gasteiger partial charge in [-0.25, -0.2) is 0 Å². The predicted molar refractivity (Wildman–Crippen MR) is 567 cm³/mol. The summed E-state index contributed by atoms with van der Waals surface area (Å²) in [6.07, 6.45) is 0. The number of hydrogen-bond acceptors (Lipinski definition) is 4. The highest BCUT2D eigenvalue weighted by atomic mass is 16.5. The van der Waals surface area contributed by atoms with Crippen LogP contribution in [0.1, 0.15) is 133 Å². The van der Waals surface area contributed by atoms with Crippen molar-refractivity contribution in [2.24, 2.45) is 0 Å². The topological polar surface area (TPSA) is 36.9 Å². The molecule has 0 bridgehead atoms. The molecule has 0 spiro atoms. The summed E-state index contributed by atoms with van der Waals surface area (Å²) in [5.41, 5.74) is 44.7. The highest BCUT2D eigenvalue weighted by Crippen LogP contribution is 2.49. The highest BCUT2D eigenvalue weighted by molar-refractivity contribution is 7.00. The summed E-state index contributed by atoms with van der Waals surface area (Å²) in [4.78, 5) is 0. The molecule has 0 unspecified atom stereocenters. The van der Waals surface area contributed by atoms with Crippen molar-refractivity contribution in [1.82, 2.24) is 0 Å². The Hall–Kier alpha value is -14.6. The summed E-state index contributed by atoms with van der Waals surface area (Å²) in [6, 6.07) is 133. The van der Waals surface area contributed by atoms with E-state index < -0.39 is 0 Å². The fourth-order valence-corrected chi connectivity index (χ4v) is 25.0. The summed E-state index contributed by atoms with van der Waals surface area (Å²) in [5, 5.41) is 7.50. The molecule has 0 saturated heterocycles. The van der Waals surface area contributed by atoms with Crippen molar-refractivity contribution in [3.8, 4) is 90.5 Å². The van der Waals surface area contributed by atoms with Crippen molar-refractivity contribution in [3.63, 3.8) is 0 Å². The van der Waals surface area contributed by atoms with Crippen LogP contribution >= 0.6 is 0 Å². The summed E-state index contributed by atoms with van der Waals surface area (Å²) < 4.78 is 26.4. The largest absolute Gasteiger partial charge is 0.458 e. The fraction of sp³-hybridized carbons (Fsp3) is 0.143. The molecule has 0 aromatic heterocycles. The van der Waals surface area contributed by atoms with Crippen LogP contribution in [0.5, 0.6) is 46.0 Å². The zero-order chi connectivity index (χ0) is 91.3. The van der Waals surface area contributed by atoms with Gasteiger partial charge in [0, 0.05) is 32.4 Å². The van der Waals surface area contributed by atoms with Gasteiger partial charge in [-0.2, -0.15) is 0 Å². The zero-order valence-corrected chi connectivity index (χ0v) is 78.6. The molecule has 0 atom stereocenters. The molecule has 19 aromatic carbocycles. The lowest BCUT2D eigenvalue weighted by molar-refractivity contribution is 0.484. The van der Waals surface area contributed by atoms with E-state index in [0.29, 0.717) is 0 Å². The Bertz CT molecular complexity index is 8110. The molecular weight excluding hydrogens is 1620 g/mol. The molecule has 0 radical (unpaired) electrons. The van der Waals surface area contributed by atoms with Crippen molar-refractivity contribution in [2.75, 3.05) is 0 Å². The van der Waals surface area contributed by atoms with Crippen LogP contribution in [0.3, 0.4) is 0 Å². The minimum absolute atomic E-state index is 0.0734. The molecule has 0 aliphatic carbocycles. The first kappa shape index (κ1) is 82.6. The molecule has 0 amide bonds. The average molecular weight is 1720 g/mol. The van der Waals surface area contributed by atoms with Crippen LogP contribution < -0.4 is 84.5 Å². The van der Waals surface area contributed by atoms with Gasteiger partial charge in [0.2, 0.25) is 0 Å². The van der Waals surface area contributed by atoms with Crippen LogP contribution in [0.4, 0.5) is 0 Å². The molecule has 4 nitrogen and oxygen atoms in total. The lowest BCUT2D eigenvalue weighted by atomic mass is 9.30. The number of ether oxygens (including phenoxy) is 4. The molecule has 0 fully saturated rings. The van der Waals surface area contributed by atoms with Crippen LogP contribution in [0.25, 0.3) is 76.8 Å². The Balaban J connectivity index is 0.0000000993. The maximum atomic E-state index is 6.86. The van der Waals surface area contributed by atoms with E-state index >= 15 is 0 Å². The van der Waals surface area contributed by atoms with Crippen molar-refractivity contribution >= 4 is 125 Å². The molecule has 8 aliphatic rings. The maximum Gasteiger partial charge on any atom is 0.252 e. The third-order valence-corrected chi connectivity index (χ3v) is 31.0. The first-order valence-electron chi connectivity index (χ1n) is 47.7. The Morgan fingerprint density at radius 1 is 0.187 bits per heavy atom. The molecule has 27 rings (SSSR count). The van der Waals surface area contributed by atoms with Crippen molar-refractivity contribution in [3.05, 3.63) is 442 Å². The first-order valence-corrected chi connectivity index (χ1v) is 47.7. The second-order valence-electron chi connectivity index (χ2n) is 40.7. The second-order valence-corrected chi connectivity index (χ2v) is 40.7. The van der Waals surface area contributed by atoms with Gasteiger partial charge in [-0.15, -0.1) is 0 Å². The predicted octanol–water partition coefficient (Wildman–Crippen LogP) is 23.8. The van der Waals surface area contributed by atoms with E-state index in [2.05, 4.69) is 461 Å². The van der Waals surface area contributed by atoms with Gasteiger partial charge in [0.1, 0.15) is 46.0 Å². The van der Waals surface area contributed by atoms with E-state index in [1.165, 1.54) is 220 Å². The third kappa shape index (κ3) is 12.9. The van der Waals surface area contributed by atoms with E-state index in [9.17, 15) is 0 Å². The standard InChI is InChI=1S/C41H33BO.C29H21BO.C29H25BO.C27H23BO/c1-26-15-19-37-36(21-26)42-35-25-30(17-18-34(35)41(3,4)39-27(2)16-20-38(43-37)40(39)42)33-23-31(28-11-7-5-8-12-28)22-32(24-33)29-13-9-6-10-14-29;1-29(2)22-13-7-8-14-24(22)30-25-16-15-18-9-3-5-11-20(18)27(25)31-28-21-12-6-4-10-19(21)17-23(29)26(28)30;1-18-10-14-25-24(16-18)30-23-17-21(20-8-6-5-7-9-20)12-13-22(23)29(3,4)27-19(2)11-15-26(31-25)28(27)30;1-16-9-13-22-21(15-16)28-25-19-8-6-5-7-18(19)11-12-20(25)27(3,4)24-17(2)10-14-23(29-22)26(24)28/h5-25H,1-4H3;3-17H,1-2H3;5-17H,1-4H3;5-15H,1-4H3. The van der Waals surface area contributed by atoms with Gasteiger partial charge in [0.05, 0.1) is 0 Å². The van der Waals surface area contributed by atoms with Crippen LogP contribution in [-0.4, -0.2) is 26.9 Å². The molecule has 642 valence electrons. The van der Waals surface area contributed by atoms with E-state index in [0.717, 1.165) is 46.0 Å². The van der Waals surface area contributed by atoms with Gasteiger partial charge >= 0.3 is 0 Å². The van der Waals surface area contributed by atoms with Crippen LogP contribution in [0.2, 0.25) is 0 Å². The summed E-state index contributed by atoms with van der Waals surface area (Å²) in [5.74, 6) is 7.98. The second kappa shape index (κ2) is 31.0. The number of fused-ring (bicyclic) bond motifs is 22. The highest BCUT2D eigenvalue weighted by Gasteiger charge is 2.51. The normalized spacial score (nSPS) is 14.8. The molecule has 8 aliphatic heterocycles. The van der Waals surface area contributed by atoms with Gasteiger partial charge in [-0.3, -0.25) is 0 Å². The summed E-state index contributed by atoms with van der Waals surface area (Å²) in [6.45, 7) is 32.9. The molecular formula is C126H102B4O4. The Kier molecular flexibility index (Phi) is 19.1. The zero-order valence-electron chi connectivity index (χ0n) is 78.6. The SMILES string of the molecule is CC1(C)c2ccccc2B2c3ccc4ccccc4c3Oc3c2c1cc1ccccc31.Cc1ccc2c(c1)B1c3c(ccc(C)c3C(C)(C)c3ccc4ccccc4c31)O2.Cc1ccc2c(c1)B1c3cc(-c4cc(-c5ccccc5)cc(-c5ccccc5)c4)ccc3C(C)(C)c3c(C)ccc(c31)O2.Cc1ccc2c(c1)B1c3cc(-c4ccccc4)ccc3C(C)(C)c3c(C)ccc(c31)O2. The molecule has 8 heteroatoms. The monoisotopic (exact) mass is 1720 g/mol. The lowest BCUT2D eigenvalue weighted by Gasteiger charge is -2.43. The van der Waals surface area contributed by atoms with E-state index in [-0.39, 0.29) is 48.5 Å². The Labute approximate surface area is 789 Å². The van der Waals surface area contributed by atoms with Gasteiger partial charge in [0.25, 0.3) is 26.9 Å². The van der Waals surface area contributed by atoms with Crippen LogP contribution in [-0.2, 0) is 21.7 Å². The molecule has 0 N–H and O–H groups in total.